The molecule has 1 aromatic heterocycles. The molecular formula is C61H66ClF2N7O3. The Bertz CT molecular complexity index is 2950. The number of piperazine rings is 1. The van der Waals surface area contributed by atoms with Gasteiger partial charge in [0.15, 0.2) is 5.78 Å². The van der Waals surface area contributed by atoms with Crippen LogP contribution in [0.15, 0.2) is 163 Å². The van der Waals surface area contributed by atoms with Crippen LogP contribution in [0.25, 0.3) is 5.69 Å². The maximum atomic E-state index is 14.3. The van der Waals surface area contributed by atoms with Gasteiger partial charge < -0.3 is 19.4 Å². The van der Waals surface area contributed by atoms with E-state index in [1.807, 2.05) is 90.2 Å². The number of carbonyl (C=O) groups is 2. The van der Waals surface area contributed by atoms with E-state index in [0.717, 1.165) is 118 Å². The van der Waals surface area contributed by atoms with Gasteiger partial charge in [-0.2, -0.15) is 0 Å². The third kappa shape index (κ3) is 13.8. The maximum Gasteiger partial charge on any atom is 0.226 e. The molecule has 2 saturated heterocycles. The number of aliphatic imine (C=N–C) groups is 1. The zero-order valence-corrected chi connectivity index (χ0v) is 43.4. The molecule has 10 nitrogen and oxygen atoms in total. The highest BCUT2D eigenvalue weighted by atomic mass is 35.5. The summed E-state index contributed by atoms with van der Waals surface area (Å²) in [6.45, 7) is 12.3. The van der Waals surface area contributed by atoms with Crippen molar-refractivity contribution < 1.29 is 23.1 Å². The lowest BCUT2D eigenvalue weighted by molar-refractivity contribution is -0.119. The summed E-state index contributed by atoms with van der Waals surface area (Å²) in [4.78, 5) is 43.0. The Morgan fingerprint density at radius 3 is 2.09 bits per heavy atom. The number of likely N-dealkylation sites (tertiary alicyclic amines) is 1. The summed E-state index contributed by atoms with van der Waals surface area (Å²) in [6.07, 6.45) is 6.89. The summed E-state index contributed by atoms with van der Waals surface area (Å²) >= 11 is 6.19. The Morgan fingerprint density at radius 1 is 0.730 bits per heavy atom. The predicted molar refractivity (Wildman–Crippen MR) is 294 cm³/mol. The summed E-state index contributed by atoms with van der Waals surface area (Å²) in [5.74, 6) is 1.49. The summed E-state index contributed by atoms with van der Waals surface area (Å²) in [5, 5.41) is 0.592. The number of hydrogen-bond donors (Lipinski definition) is 0. The molecule has 0 N–H and O–H groups in total. The lowest BCUT2D eigenvalue weighted by Crippen LogP contribution is -2.47. The fraction of sp³-hybridized carbons (Fsp3) is 0.311. The second-order valence-corrected chi connectivity index (χ2v) is 19.2. The lowest BCUT2D eigenvalue weighted by Gasteiger charge is -2.38. The first-order valence-corrected chi connectivity index (χ1v) is 26.1. The molecule has 4 heterocycles. The van der Waals surface area contributed by atoms with Crippen molar-refractivity contribution >= 4 is 40.4 Å². The molecule has 7 aromatic rings. The number of imidazole rings is 1. The lowest BCUT2D eigenvalue weighted by atomic mass is 10.00. The second-order valence-electron chi connectivity index (χ2n) is 18.7. The maximum absolute atomic E-state index is 14.3. The predicted octanol–water partition coefficient (Wildman–Crippen LogP) is 12.1. The number of anilines is 2. The zero-order chi connectivity index (χ0) is 51.8. The Balaban J connectivity index is 0.000000148. The quantitative estimate of drug-likeness (QED) is 0.100. The van der Waals surface area contributed by atoms with Crippen molar-refractivity contribution in [3.05, 3.63) is 208 Å². The van der Waals surface area contributed by atoms with Gasteiger partial charge in [-0.05, 0) is 124 Å². The molecule has 0 unspecified atom stereocenters. The minimum atomic E-state index is -0.311. The van der Waals surface area contributed by atoms with E-state index in [4.69, 9.17) is 16.3 Å². The first-order chi connectivity index (χ1) is 36.1. The number of aromatic nitrogens is 2. The van der Waals surface area contributed by atoms with Crippen LogP contribution in [0.4, 0.5) is 20.2 Å². The molecule has 0 spiro atoms. The molecule has 1 amide bonds. The fourth-order valence-corrected chi connectivity index (χ4v) is 10.1. The van der Waals surface area contributed by atoms with Gasteiger partial charge in [-0.1, -0.05) is 91.3 Å². The van der Waals surface area contributed by atoms with Crippen LogP contribution in [0.1, 0.15) is 77.6 Å². The normalized spacial score (nSPS) is 14.7. The van der Waals surface area contributed by atoms with Gasteiger partial charge in [-0.15, -0.1) is 0 Å². The number of para-hydroxylation sites is 3. The highest BCUT2D eigenvalue weighted by Gasteiger charge is 2.29. The number of amides is 1. The van der Waals surface area contributed by atoms with E-state index in [9.17, 15) is 18.4 Å². The molecule has 10 rings (SSSR count). The van der Waals surface area contributed by atoms with Crippen LogP contribution >= 0.6 is 11.6 Å². The molecule has 0 bridgehead atoms. The SMILES string of the molecule is CCC(=O)N(c1ccccc1)C1CCN(CCc2ccccc2)CC1.COc1ccccc1N1CCN(CCCC(=O)c2ccc(F)cc2)CC1.Cc1ncc2n1-c1ccc(Cl)cc1C(c1ccccc1F)=NC2. The van der Waals surface area contributed by atoms with Gasteiger partial charge in [0.2, 0.25) is 5.91 Å². The van der Waals surface area contributed by atoms with Crippen molar-refractivity contribution in [2.75, 3.05) is 69.3 Å². The number of hydrogen-bond acceptors (Lipinski definition) is 8. The third-order valence-electron chi connectivity index (χ3n) is 13.9. The van der Waals surface area contributed by atoms with Crippen molar-refractivity contribution in [1.29, 1.82) is 0 Å². The van der Waals surface area contributed by atoms with E-state index in [0.29, 0.717) is 47.3 Å². The Kier molecular flexibility index (Phi) is 18.9. The van der Waals surface area contributed by atoms with Gasteiger partial charge in [0.25, 0.3) is 0 Å². The van der Waals surface area contributed by atoms with Gasteiger partial charge in [0.1, 0.15) is 23.2 Å². The van der Waals surface area contributed by atoms with E-state index in [-0.39, 0.29) is 23.3 Å². The zero-order valence-electron chi connectivity index (χ0n) is 42.7. The number of Topliss-reactive ketones (excluding diaryl/α,β-unsaturated/α-hetero) is 1. The third-order valence-corrected chi connectivity index (χ3v) is 14.2. The molecule has 384 valence electrons. The van der Waals surface area contributed by atoms with Crippen molar-refractivity contribution in [1.82, 2.24) is 19.4 Å². The number of methoxy groups -OCH3 is 1. The number of ether oxygens (including phenoxy) is 1. The topological polar surface area (TPSA) is 86.5 Å². The molecule has 3 aliphatic rings. The largest absolute Gasteiger partial charge is 0.495 e. The van der Waals surface area contributed by atoms with Crippen LogP contribution in [0.3, 0.4) is 0 Å². The van der Waals surface area contributed by atoms with Gasteiger partial charge >= 0.3 is 0 Å². The van der Waals surface area contributed by atoms with Crippen LogP contribution in [-0.2, 0) is 17.8 Å². The summed E-state index contributed by atoms with van der Waals surface area (Å²) < 4.78 is 34.7. The number of halogens is 3. The van der Waals surface area contributed by atoms with E-state index in [1.54, 1.807) is 31.4 Å². The van der Waals surface area contributed by atoms with Gasteiger partial charge in [0.05, 0.1) is 42.6 Å². The van der Waals surface area contributed by atoms with E-state index in [2.05, 4.69) is 73.2 Å². The van der Waals surface area contributed by atoms with Crippen LogP contribution in [-0.4, -0.2) is 102 Å². The van der Waals surface area contributed by atoms with Gasteiger partial charge in [-0.3, -0.25) is 24.0 Å². The van der Waals surface area contributed by atoms with Crippen LogP contribution < -0.4 is 14.5 Å². The van der Waals surface area contributed by atoms with Crippen molar-refractivity contribution in [2.24, 2.45) is 4.99 Å². The molecule has 0 aliphatic carbocycles. The smallest absolute Gasteiger partial charge is 0.226 e. The summed E-state index contributed by atoms with van der Waals surface area (Å²) in [5.41, 5.74) is 7.96. The number of aryl methyl sites for hydroxylation is 1. The molecule has 0 radical (unpaired) electrons. The minimum Gasteiger partial charge on any atom is -0.495 e. The number of benzene rings is 6. The highest BCUT2D eigenvalue weighted by Crippen LogP contribution is 2.31. The molecule has 6 aromatic carbocycles. The molecule has 0 atom stereocenters. The molecular weight excluding hydrogens is 952 g/mol. The Labute approximate surface area is 439 Å². The van der Waals surface area contributed by atoms with E-state index >= 15 is 0 Å². The number of piperidine rings is 1. The monoisotopic (exact) mass is 1020 g/mol. The van der Waals surface area contributed by atoms with Gasteiger partial charge in [-0.25, -0.2) is 13.8 Å². The first-order valence-electron chi connectivity index (χ1n) is 25.8. The van der Waals surface area contributed by atoms with Gasteiger partial charge in [0, 0.05) is 92.1 Å². The fourth-order valence-electron chi connectivity index (χ4n) is 9.95. The average Bonchev–Trinajstić information content (AvgIpc) is 3.73. The minimum absolute atomic E-state index is 0.0812. The number of carbonyl (C=O) groups excluding carboxylic acids is 2. The number of ketones is 1. The summed E-state index contributed by atoms with van der Waals surface area (Å²) in [6, 6.07) is 47.3. The first kappa shape index (κ1) is 53.3. The highest BCUT2D eigenvalue weighted by molar-refractivity contribution is 6.31. The molecule has 2 fully saturated rings. The Hall–Kier alpha value is -6.99. The van der Waals surface area contributed by atoms with E-state index < -0.39 is 0 Å². The number of fused-ring (bicyclic) bond motifs is 3. The number of rotatable bonds is 14. The summed E-state index contributed by atoms with van der Waals surface area (Å²) in [7, 11) is 1.70. The van der Waals surface area contributed by atoms with Crippen LogP contribution in [0.5, 0.6) is 5.75 Å². The van der Waals surface area contributed by atoms with Crippen molar-refractivity contribution in [2.45, 2.75) is 65.0 Å². The Morgan fingerprint density at radius 2 is 1.39 bits per heavy atom. The average molecular weight is 1020 g/mol. The molecule has 13 heteroatoms. The van der Waals surface area contributed by atoms with Crippen LogP contribution in [0, 0.1) is 18.6 Å². The molecule has 0 saturated carbocycles. The standard InChI is InChI=1S/C22H28N2O.C21H25FN2O2.C18H13ClFN3/c1-2-22(25)24(20-11-7-4-8-12-20)21-14-17-23(18-15-21)16-13-19-9-5-3-6-10-19;1-26-21-7-3-2-5-19(21)24-15-13-23(14-16-24)12-4-6-20(25)17-8-10-18(22)11-9-17;1-11-21-9-13-10-22-18(14-4-2-3-5-16(14)20)15-8-12(19)6-7-17(15)23(11)13/h3-12,21H,2,13-18H2,1H3;2-3,5,7-11H,4,6,12-16H2,1H3;2-9H,10H2,1H3. The van der Waals surface area contributed by atoms with Crippen LogP contribution in [0.2, 0.25) is 5.02 Å². The van der Waals surface area contributed by atoms with E-state index in [1.165, 1.54) is 23.8 Å². The van der Waals surface area contributed by atoms with Crippen molar-refractivity contribution in [3.8, 4) is 11.4 Å². The molecule has 74 heavy (non-hydrogen) atoms. The van der Waals surface area contributed by atoms with Crippen molar-refractivity contribution in [3.63, 3.8) is 0 Å². The molecule has 3 aliphatic heterocycles. The number of nitrogens with zero attached hydrogens (tertiary/aromatic N) is 7. The second kappa shape index (κ2) is 26.3.